The van der Waals surface area contributed by atoms with Crippen LogP contribution in [0.5, 0.6) is 0 Å². The second-order valence-electron chi connectivity index (χ2n) is 3.84. The lowest BCUT2D eigenvalue weighted by atomic mass is 10.4. The second-order valence-corrected chi connectivity index (χ2v) is 8.00. The highest BCUT2D eigenvalue weighted by molar-refractivity contribution is 7.91. The summed E-state index contributed by atoms with van der Waals surface area (Å²) in [5, 5.41) is 8.53. The lowest BCUT2D eigenvalue weighted by molar-refractivity contribution is 0.289. The molecule has 0 atom stereocenters. The first-order valence-electron chi connectivity index (χ1n) is 5.28. The Hall–Kier alpha value is -0.670. The molecule has 0 aliphatic rings. The van der Waals surface area contributed by atoms with Gasteiger partial charge in [0.15, 0.2) is 9.84 Å². The van der Waals surface area contributed by atoms with Gasteiger partial charge in [0, 0.05) is 19.4 Å². The van der Waals surface area contributed by atoms with E-state index in [0.29, 0.717) is 0 Å². The fraction of sp³-hybridized carbons (Fsp3) is 0.400. The van der Waals surface area contributed by atoms with Gasteiger partial charge in [-0.1, -0.05) is 11.6 Å². The maximum Gasteiger partial charge on any atom is 0.242 e. The average molecular weight is 328 g/mol. The van der Waals surface area contributed by atoms with Crippen LogP contribution >= 0.6 is 11.6 Å². The standard InChI is InChI=1S/C10H14ClNO5S2/c1-18(14,15)8-3-4-9(11)10(7-8)19(16,17)12-5-2-6-13/h3-4,7,12-13H,2,5-6H2,1H3. The average Bonchev–Trinajstić information content (AvgIpc) is 2.27. The first kappa shape index (κ1) is 16.4. The van der Waals surface area contributed by atoms with Crippen molar-refractivity contribution in [3.8, 4) is 0 Å². The summed E-state index contributed by atoms with van der Waals surface area (Å²) in [6, 6.07) is 3.47. The number of aliphatic hydroxyl groups is 1. The van der Waals surface area contributed by atoms with Crippen LogP contribution in [-0.2, 0) is 19.9 Å². The van der Waals surface area contributed by atoms with Crippen molar-refractivity contribution >= 4 is 31.5 Å². The molecule has 108 valence electrons. The molecule has 0 amide bonds. The summed E-state index contributed by atoms with van der Waals surface area (Å²) in [7, 11) is -7.42. The van der Waals surface area contributed by atoms with Crippen molar-refractivity contribution in [3.05, 3.63) is 23.2 Å². The minimum Gasteiger partial charge on any atom is -0.396 e. The number of rotatable bonds is 6. The fourth-order valence-corrected chi connectivity index (χ4v) is 3.60. The van der Waals surface area contributed by atoms with Crippen LogP contribution in [0.25, 0.3) is 0 Å². The molecule has 0 spiro atoms. The Labute approximate surface area is 117 Å². The molecule has 1 aromatic carbocycles. The van der Waals surface area contributed by atoms with Crippen LogP contribution < -0.4 is 4.72 Å². The second kappa shape index (κ2) is 6.19. The van der Waals surface area contributed by atoms with E-state index in [1.807, 2.05) is 0 Å². The summed E-state index contributed by atoms with van der Waals surface area (Å²) in [6.45, 7) is -0.113. The summed E-state index contributed by atoms with van der Waals surface area (Å²) >= 11 is 5.78. The van der Waals surface area contributed by atoms with Gasteiger partial charge in [-0.05, 0) is 24.6 Å². The third-order valence-electron chi connectivity index (χ3n) is 2.25. The number of hydrogen-bond acceptors (Lipinski definition) is 5. The highest BCUT2D eigenvalue weighted by atomic mass is 35.5. The number of nitrogens with one attached hydrogen (secondary N) is 1. The van der Waals surface area contributed by atoms with Crippen molar-refractivity contribution in [1.82, 2.24) is 4.72 Å². The molecule has 2 N–H and O–H groups in total. The molecule has 0 aromatic heterocycles. The van der Waals surface area contributed by atoms with Gasteiger partial charge in [-0.15, -0.1) is 0 Å². The minimum atomic E-state index is -3.90. The zero-order valence-electron chi connectivity index (χ0n) is 10.1. The summed E-state index contributed by atoms with van der Waals surface area (Å²) in [5.41, 5.74) is 0. The Kier molecular flexibility index (Phi) is 5.34. The predicted molar refractivity (Wildman–Crippen MR) is 71.5 cm³/mol. The third-order valence-corrected chi connectivity index (χ3v) is 5.30. The summed E-state index contributed by atoms with van der Waals surface area (Å²) in [5.74, 6) is 0. The quantitative estimate of drug-likeness (QED) is 0.737. The van der Waals surface area contributed by atoms with E-state index in [1.54, 1.807) is 0 Å². The molecule has 0 radical (unpaired) electrons. The number of benzene rings is 1. The molecule has 0 saturated heterocycles. The fourth-order valence-electron chi connectivity index (χ4n) is 1.28. The lowest BCUT2D eigenvalue weighted by Crippen LogP contribution is -2.25. The van der Waals surface area contributed by atoms with Gasteiger partial charge < -0.3 is 5.11 Å². The number of sulfonamides is 1. The van der Waals surface area contributed by atoms with Crippen molar-refractivity contribution in [3.63, 3.8) is 0 Å². The van der Waals surface area contributed by atoms with Crippen molar-refractivity contribution in [2.45, 2.75) is 16.2 Å². The van der Waals surface area contributed by atoms with Crippen molar-refractivity contribution in [2.24, 2.45) is 0 Å². The Morgan fingerprint density at radius 2 is 1.89 bits per heavy atom. The summed E-state index contributed by atoms with van der Waals surface area (Å²) in [6.07, 6.45) is 1.23. The van der Waals surface area contributed by atoms with E-state index in [0.717, 1.165) is 12.3 Å². The number of hydrogen-bond donors (Lipinski definition) is 2. The minimum absolute atomic E-state index is 0.0399. The molecule has 9 heteroatoms. The van der Waals surface area contributed by atoms with Crippen LogP contribution in [0.1, 0.15) is 6.42 Å². The normalized spacial score (nSPS) is 12.6. The first-order valence-corrected chi connectivity index (χ1v) is 9.04. The summed E-state index contributed by atoms with van der Waals surface area (Å²) < 4.78 is 48.9. The molecule has 1 aromatic rings. The van der Waals surface area contributed by atoms with Gasteiger partial charge in [0.1, 0.15) is 4.90 Å². The lowest BCUT2D eigenvalue weighted by Gasteiger charge is -2.09. The predicted octanol–water partition coefficient (Wildman–Crippen LogP) is 0.404. The molecule has 6 nitrogen and oxygen atoms in total. The Morgan fingerprint density at radius 3 is 2.42 bits per heavy atom. The zero-order valence-corrected chi connectivity index (χ0v) is 12.5. The largest absolute Gasteiger partial charge is 0.396 e. The Balaban J connectivity index is 3.19. The maximum atomic E-state index is 11.9. The molecule has 0 heterocycles. The molecule has 1 rings (SSSR count). The van der Waals surface area contributed by atoms with Crippen molar-refractivity contribution in [2.75, 3.05) is 19.4 Å². The Morgan fingerprint density at radius 1 is 1.26 bits per heavy atom. The molecular weight excluding hydrogens is 314 g/mol. The number of aliphatic hydroxyl groups excluding tert-OH is 1. The van der Waals surface area contributed by atoms with Crippen LogP contribution in [0.15, 0.2) is 28.0 Å². The SMILES string of the molecule is CS(=O)(=O)c1ccc(Cl)c(S(=O)(=O)NCCCO)c1. The van der Waals surface area contributed by atoms with Gasteiger partial charge in [-0.25, -0.2) is 21.6 Å². The summed E-state index contributed by atoms with van der Waals surface area (Å²) in [4.78, 5) is -0.422. The van der Waals surface area contributed by atoms with Gasteiger partial charge in [-0.3, -0.25) is 0 Å². The third kappa shape index (κ3) is 4.43. The topological polar surface area (TPSA) is 101 Å². The molecule has 0 bridgehead atoms. The van der Waals surface area contributed by atoms with E-state index in [4.69, 9.17) is 16.7 Å². The molecule has 0 aliphatic carbocycles. The van der Waals surface area contributed by atoms with Crippen molar-refractivity contribution < 1.29 is 21.9 Å². The van der Waals surface area contributed by atoms with Crippen LogP contribution in [-0.4, -0.2) is 41.3 Å². The monoisotopic (exact) mass is 327 g/mol. The van der Waals surface area contributed by atoms with E-state index in [9.17, 15) is 16.8 Å². The van der Waals surface area contributed by atoms with Crippen molar-refractivity contribution in [1.29, 1.82) is 0 Å². The molecule has 19 heavy (non-hydrogen) atoms. The van der Waals surface area contributed by atoms with Crippen LogP contribution in [0.3, 0.4) is 0 Å². The highest BCUT2D eigenvalue weighted by Gasteiger charge is 2.20. The van der Waals surface area contributed by atoms with Gasteiger partial charge in [0.2, 0.25) is 10.0 Å². The Bertz CT molecular complexity index is 654. The van der Waals surface area contributed by atoms with Gasteiger partial charge >= 0.3 is 0 Å². The molecule has 0 saturated carbocycles. The van der Waals surface area contributed by atoms with Gasteiger partial charge in [0.05, 0.1) is 9.92 Å². The zero-order chi connectivity index (χ0) is 14.7. The van der Waals surface area contributed by atoms with Gasteiger partial charge in [-0.2, -0.15) is 0 Å². The van der Waals surface area contributed by atoms with E-state index in [-0.39, 0.29) is 34.4 Å². The maximum absolute atomic E-state index is 11.9. The van der Waals surface area contributed by atoms with Crippen LogP contribution in [0.4, 0.5) is 0 Å². The van der Waals surface area contributed by atoms with E-state index in [2.05, 4.69) is 4.72 Å². The number of sulfone groups is 1. The van der Waals surface area contributed by atoms with E-state index < -0.39 is 19.9 Å². The van der Waals surface area contributed by atoms with E-state index >= 15 is 0 Å². The van der Waals surface area contributed by atoms with E-state index in [1.165, 1.54) is 12.1 Å². The van der Waals surface area contributed by atoms with Gasteiger partial charge in [0.25, 0.3) is 0 Å². The molecular formula is C10H14ClNO5S2. The van der Waals surface area contributed by atoms with Crippen LogP contribution in [0.2, 0.25) is 5.02 Å². The smallest absolute Gasteiger partial charge is 0.242 e. The molecule has 0 unspecified atom stereocenters. The first-order chi connectivity index (χ1) is 8.68. The molecule has 0 aliphatic heterocycles. The number of halogens is 1. The highest BCUT2D eigenvalue weighted by Crippen LogP contribution is 2.24. The van der Waals surface area contributed by atoms with Crippen LogP contribution in [0, 0.1) is 0 Å². The molecule has 0 fully saturated rings.